The molecule has 4 heteroatoms. The first-order valence-electron chi connectivity index (χ1n) is 5.20. The fourth-order valence-electron chi connectivity index (χ4n) is 1.79. The minimum atomic E-state index is 0.103. The van der Waals surface area contributed by atoms with Crippen molar-refractivity contribution >= 4 is 5.91 Å². The molecule has 1 unspecified atom stereocenters. The van der Waals surface area contributed by atoms with Gasteiger partial charge in [0, 0.05) is 43.6 Å². The van der Waals surface area contributed by atoms with E-state index in [2.05, 4.69) is 17.2 Å². The van der Waals surface area contributed by atoms with Crippen LogP contribution in [0.5, 0.6) is 0 Å². The van der Waals surface area contributed by atoms with Gasteiger partial charge in [0.05, 0.1) is 0 Å². The highest BCUT2D eigenvalue weighted by atomic mass is 16.2. The topological polar surface area (TPSA) is 45.2 Å². The van der Waals surface area contributed by atoms with E-state index in [1.807, 2.05) is 4.90 Å². The lowest BCUT2D eigenvalue weighted by molar-refractivity contribution is 0.0709. The molecular weight excluding hydrogens is 190 g/mol. The molecule has 80 valence electrons. The zero-order valence-electron chi connectivity index (χ0n) is 8.81. The second-order valence-corrected chi connectivity index (χ2v) is 3.84. The first-order valence-corrected chi connectivity index (χ1v) is 5.20. The molecule has 0 radical (unpaired) electrons. The zero-order valence-corrected chi connectivity index (χ0v) is 8.81. The molecule has 1 fully saturated rings. The van der Waals surface area contributed by atoms with Crippen LogP contribution in [0.25, 0.3) is 0 Å². The Morgan fingerprint density at radius 1 is 1.53 bits per heavy atom. The van der Waals surface area contributed by atoms with Crippen LogP contribution >= 0.6 is 0 Å². The van der Waals surface area contributed by atoms with Gasteiger partial charge in [-0.2, -0.15) is 0 Å². The number of hydrogen-bond donors (Lipinski definition) is 1. The summed E-state index contributed by atoms with van der Waals surface area (Å²) in [5.74, 6) is 0.103. The van der Waals surface area contributed by atoms with Gasteiger partial charge in [0.1, 0.15) is 0 Å². The average Bonchev–Trinajstić information content (AvgIpc) is 2.29. The predicted octanol–water partition coefficient (Wildman–Crippen LogP) is 0.516. The Bertz CT molecular complexity index is 339. The van der Waals surface area contributed by atoms with Gasteiger partial charge >= 0.3 is 0 Å². The molecule has 4 nitrogen and oxygen atoms in total. The fourth-order valence-corrected chi connectivity index (χ4v) is 1.79. The number of nitrogens with one attached hydrogen (secondary N) is 1. The molecule has 0 saturated carbocycles. The summed E-state index contributed by atoms with van der Waals surface area (Å²) in [5, 5.41) is 3.31. The molecule has 1 N–H and O–H groups in total. The smallest absolute Gasteiger partial charge is 0.254 e. The van der Waals surface area contributed by atoms with Crippen molar-refractivity contribution in [3.05, 3.63) is 30.1 Å². The molecule has 1 amide bonds. The Hall–Kier alpha value is -1.42. The van der Waals surface area contributed by atoms with Gasteiger partial charge in [-0.1, -0.05) is 0 Å². The van der Waals surface area contributed by atoms with E-state index in [1.165, 1.54) is 0 Å². The highest BCUT2D eigenvalue weighted by Crippen LogP contribution is 2.06. The number of amides is 1. The Balaban J connectivity index is 2.08. The van der Waals surface area contributed by atoms with Crippen LogP contribution in [0, 0.1) is 0 Å². The Labute approximate surface area is 89.3 Å². The SMILES string of the molecule is CC1CN(C(=O)c2ccncc2)CCN1. The molecule has 2 rings (SSSR count). The highest BCUT2D eigenvalue weighted by molar-refractivity contribution is 5.94. The van der Waals surface area contributed by atoms with Gasteiger partial charge in [-0.05, 0) is 19.1 Å². The quantitative estimate of drug-likeness (QED) is 0.727. The predicted molar refractivity (Wildman–Crippen MR) is 57.6 cm³/mol. The van der Waals surface area contributed by atoms with Gasteiger partial charge in [0.2, 0.25) is 0 Å². The molecule has 1 saturated heterocycles. The van der Waals surface area contributed by atoms with Crippen molar-refractivity contribution in [1.29, 1.82) is 0 Å². The molecule has 0 aliphatic carbocycles. The van der Waals surface area contributed by atoms with E-state index in [-0.39, 0.29) is 5.91 Å². The largest absolute Gasteiger partial charge is 0.336 e. The van der Waals surface area contributed by atoms with E-state index in [9.17, 15) is 4.79 Å². The number of rotatable bonds is 1. The molecular formula is C11H15N3O. The maximum absolute atomic E-state index is 12.0. The molecule has 1 aromatic rings. The van der Waals surface area contributed by atoms with Crippen molar-refractivity contribution < 1.29 is 4.79 Å². The maximum atomic E-state index is 12.0. The minimum Gasteiger partial charge on any atom is -0.336 e. The third kappa shape index (κ3) is 2.33. The second-order valence-electron chi connectivity index (χ2n) is 3.84. The van der Waals surface area contributed by atoms with Gasteiger partial charge in [-0.3, -0.25) is 9.78 Å². The van der Waals surface area contributed by atoms with Gasteiger partial charge in [0.25, 0.3) is 5.91 Å². The summed E-state index contributed by atoms with van der Waals surface area (Å²) in [5.41, 5.74) is 0.721. The molecule has 0 spiro atoms. The van der Waals surface area contributed by atoms with E-state index < -0.39 is 0 Å². The van der Waals surface area contributed by atoms with E-state index in [4.69, 9.17) is 0 Å². The van der Waals surface area contributed by atoms with Crippen LogP contribution in [-0.2, 0) is 0 Å². The summed E-state index contributed by atoms with van der Waals surface area (Å²) in [6.45, 7) is 4.52. The molecule has 1 atom stereocenters. The number of carbonyl (C=O) groups excluding carboxylic acids is 1. The van der Waals surface area contributed by atoms with E-state index >= 15 is 0 Å². The monoisotopic (exact) mass is 205 g/mol. The average molecular weight is 205 g/mol. The van der Waals surface area contributed by atoms with Crippen LogP contribution in [0.2, 0.25) is 0 Å². The van der Waals surface area contributed by atoms with E-state index in [0.29, 0.717) is 6.04 Å². The molecule has 1 aliphatic rings. The van der Waals surface area contributed by atoms with Crippen LogP contribution in [0.15, 0.2) is 24.5 Å². The van der Waals surface area contributed by atoms with E-state index in [0.717, 1.165) is 25.2 Å². The number of hydrogen-bond acceptors (Lipinski definition) is 3. The van der Waals surface area contributed by atoms with Crippen LogP contribution in [0.4, 0.5) is 0 Å². The van der Waals surface area contributed by atoms with Crippen molar-refractivity contribution in [3.8, 4) is 0 Å². The molecule has 1 aliphatic heterocycles. The second kappa shape index (κ2) is 4.40. The molecule has 0 aromatic carbocycles. The third-order valence-corrected chi connectivity index (χ3v) is 2.58. The van der Waals surface area contributed by atoms with Crippen molar-refractivity contribution in [2.75, 3.05) is 19.6 Å². The normalized spacial score (nSPS) is 21.4. The maximum Gasteiger partial charge on any atom is 0.254 e. The summed E-state index contributed by atoms with van der Waals surface area (Å²) in [4.78, 5) is 17.8. The van der Waals surface area contributed by atoms with Gasteiger partial charge < -0.3 is 10.2 Å². The first-order chi connectivity index (χ1) is 7.27. The summed E-state index contributed by atoms with van der Waals surface area (Å²) >= 11 is 0. The number of aromatic nitrogens is 1. The van der Waals surface area contributed by atoms with Crippen LogP contribution in [-0.4, -0.2) is 41.5 Å². The van der Waals surface area contributed by atoms with Crippen molar-refractivity contribution in [2.45, 2.75) is 13.0 Å². The summed E-state index contributed by atoms with van der Waals surface area (Å²) in [6, 6.07) is 3.90. The van der Waals surface area contributed by atoms with Gasteiger partial charge in [0.15, 0.2) is 0 Å². The van der Waals surface area contributed by atoms with Crippen LogP contribution in [0.1, 0.15) is 17.3 Å². The number of carbonyl (C=O) groups is 1. The number of pyridine rings is 1. The lowest BCUT2D eigenvalue weighted by Gasteiger charge is -2.31. The molecule has 0 bridgehead atoms. The van der Waals surface area contributed by atoms with E-state index in [1.54, 1.807) is 24.5 Å². The number of nitrogens with zero attached hydrogens (tertiary/aromatic N) is 2. The minimum absolute atomic E-state index is 0.103. The third-order valence-electron chi connectivity index (χ3n) is 2.58. The van der Waals surface area contributed by atoms with Gasteiger partial charge in [-0.15, -0.1) is 0 Å². The van der Waals surface area contributed by atoms with Crippen molar-refractivity contribution in [3.63, 3.8) is 0 Å². The fraction of sp³-hybridized carbons (Fsp3) is 0.455. The Kier molecular flexibility index (Phi) is 2.97. The zero-order chi connectivity index (χ0) is 10.7. The first kappa shape index (κ1) is 10.1. The van der Waals surface area contributed by atoms with Gasteiger partial charge in [-0.25, -0.2) is 0 Å². The molecule has 15 heavy (non-hydrogen) atoms. The molecule has 1 aromatic heterocycles. The summed E-state index contributed by atoms with van der Waals surface area (Å²) < 4.78 is 0. The van der Waals surface area contributed by atoms with Crippen molar-refractivity contribution in [2.24, 2.45) is 0 Å². The summed E-state index contributed by atoms with van der Waals surface area (Å²) in [7, 11) is 0. The van der Waals surface area contributed by atoms with Crippen LogP contribution < -0.4 is 5.32 Å². The summed E-state index contributed by atoms with van der Waals surface area (Å²) in [6.07, 6.45) is 3.30. The molecule has 2 heterocycles. The lowest BCUT2D eigenvalue weighted by atomic mass is 10.2. The number of piperazine rings is 1. The highest BCUT2D eigenvalue weighted by Gasteiger charge is 2.21. The van der Waals surface area contributed by atoms with Crippen molar-refractivity contribution in [1.82, 2.24) is 15.2 Å². The Morgan fingerprint density at radius 2 is 2.27 bits per heavy atom. The van der Waals surface area contributed by atoms with Crippen LogP contribution in [0.3, 0.4) is 0 Å². The Morgan fingerprint density at radius 3 is 2.93 bits per heavy atom. The lowest BCUT2D eigenvalue weighted by Crippen LogP contribution is -2.51. The standard InChI is InChI=1S/C11H15N3O/c1-9-8-14(7-6-13-9)11(15)10-2-4-12-5-3-10/h2-5,9,13H,6-8H2,1H3.